The van der Waals surface area contributed by atoms with Crippen LogP contribution in [-0.4, -0.2) is 45.5 Å². The molecule has 11 heteroatoms. The first kappa shape index (κ1) is 21.9. The topological polar surface area (TPSA) is 105 Å². The Kier molecular flexibility index (Phi) is 7.42. The standard InChI is InChI=1S/C16H20FN5O2S2.HI/c17-12-1-3-13(4-2-12)21-7-9-22(10-8-21)16(18)20-11-14-5-6-15(25-14)26(19,23)24;/h1-6H,7-11H2,(H2,18,20)(H2,19,23,24);1H. The fourth-order valence-corrected chi connectivity index (χ4v) is 4.40. The van der Waals surface area contributed by atoms with Crippen molar-refractivity contribution < 1.29 is 12.8 Å². The van der Waals surface area contributed by atoms with Gasteiger partial charge in [-0.15, -0.1) is 35.3 Å². The predicted molar refractivity (Wildman–Crippen MR) is 117 cm³/mol. The van der Waals surface area contributed by atoms with E-state index in [0.717, 1.165) is 35.0 Å². The van der Waals surface area contributed by atoms with Gasteiger partial charge in [-0.3, -0.25) is 0 Å². The van der Waals surface area contributed by atoms with Crippen LogP contribution in [0.5, 0.6) is 0 Å². The van der Waals surface area contributed by atoms with Crippen LogP contribution in [0.2, 0.25) is 0 Å². The molecule has 3 rings (SSSR count). The van der Waals surface area contributed by atoms with Crippen molar-refractivity contribution in [2.75, 3.05) is 31.1 Å². The van der Waals surface area contributed by atoms with Crippen molar-refractivity contribution in [1.82, 2.24) is 4.90 Å². The van der Waals surface area contributed by atoms with E-state index in [-0.39, 0.29) is 34.0 Å². The van der Waals surface area contributed by atoms with Crippen LogP contribution in [-0.2, 0) is 16.6 Å². The summed E-state index contributed by atoms with van der Waals surface area (Å²) in [7, 11) is -3.68. The first-order valence-corrected chi connectivity index (χ1v) is 10.4. The summed E-state index contributed by atoms with van der Waals surface area (Å²) >= 11 is 1.09. The highest BCUT2D eigenvalue weighted by Gasteiger charge is 2.18. The van der Waals surface area contributed by atoms with Gasteiger partial charge in [-0.1, -0.05) is 0 Å². The molecular weight excluding hydrogens is 504 g/mol. The molecule has 0 unspecified atom stereocenters. The molecule has 2 heterocycles. The van der Waals surface area contributed by atoms with E-state index in [2.05, 4.69) is 9.89 Å². The number of nitrogens with zero attached hydrogens (tertiary/aromatic N) is 3. The van der Waals surface area contributed by atoms with Crippen molar-refractivity contribution >= 4 is 57.0 Å². The lowest BCUT2D eigenvalue weighted by molar-refractivity contribution is 0.380. The summed E-state index contributed by atoms with van der Waals surface area (Å²) in [5.41, 5.74) is 7.04. The second-order valence-electron chi connectivity index (χ2n) is 5.89. The minimum absolute atomic E-state index is 0. The highest BCUT2D eigenvalue weighted by Crippen LogP contribution is 2.21. The Morgan fingerprint density at radius 3 is 2.30 bits per heavy atom. The number of guanidine groups is 1. The molecule has 7 nitrogen and oxygen atoms in total. The van der Waals surface area contributed by atoms with E-state index in [1.165, 1.54) is 18.2 Å². The van der Waals surface area contributed by atoms with Crippen LogP contribution in [0, 0.1) is 5.82 Å². The molecule has 1 saturated heterocycles. The Morgan fingerprint density at radius 1 is 1.11 bits per heavy atom. The number of primary sulfonamides is 1. The molecule has 0 atom stereocenters. The molecule has 1 aliphatic heterocycles. The number of thiophene rings is 1. The minimum atomic E-state index is -3.68. The molecule has 1 aliphatic rings. The van der Waals surface area contributed by atoms with Gasteiger partial charge in [-0.25, -0.2) is 22.9 Å². The Hall–Kier alpha value is -1.44. The molecule has 2 aromatic rings. The number of hydrogen-bond donors (Lipinski definition) is 2. The number of anilines is 1. The third kappa shape index (κ3) is 5.77. The van der Waals surface area contributed by atoms with E-state index in [9.17, 15) is 12.8 Å². The second-order valence-corrected chi connectivity index (χ2v) is 8.85. The lowest BCUT2D eigenvalue weighted by Crippen LogP contribution is -2.51. The summed E-state index contributed by atoms with van der Waals surface area (Å²) in [6, 6.07) is 9.60. The second kappa shape index (κ2) is 9.17. The predicted octanol–water partition coefficient (Wildman–Crippen LogP) is 1.79. The number of sulfonamides is 1. The summed E-state index contributed by atoms with van der Waals surface area (Å²) in [5, 5.41) is 5.10. The van der Waals surface area contributed by atoms with Crippen LogP contribution in [0.4, 0.5) is 10.1 Å². The molecule has 1 aromatic heterocycles. The van der Waals surface area contributed by atoms with Gasteiger partial charge in [0.1, 0.15) is 10.0 Å². The maximum atomic E-state index is 13.0. The van der Waals surface area contributed by atoms with E-state index in [1.54, 1.807) is 18.2 Å². The highest BCUT2D eigenvalue weighted by molar-refractivity contribution is 14.0. The molecule has 1 aromatic carbocycles. The van der Waals surface area contributed by atoms with Gasteiger partial charge in [0, 0.05) is 36.7 Å². The quantitative estimate of drug-likeness (QED) is 0.360. The van der Waals surface area contributed by atoms with Gasteiger partial charge in [0.25, 0.3) is 0 Å². The zero-order valence-electron chi connectivity index (χ0n) is 14.4. The van der Waals surface area contributed by atoms with Crippen molar-refractivity contribution in [3.63, 3.8) is 0 Å². The smallest absolute Gasteiger partial charge is 0.247 e. The molecule has 27 heavy (non-hydrogen) atoms. The maximum absolute atomic E-state index is 13.0. The Bertz CT molecular complexity index is 894. The number of hydrogen-bond acceptors (Lipinski definition) is 5. The normalized spacial score (nSPS) is 15.6. The van der Waals surface area contributed by atoms with Crippen LogP contribution in [0.3, 0.4) is 0 Å². The maximum Gasteiger partial charge on any atom is 0.247 e. The molecule has 1 fully saturated rings. The monoisotopic (exact) mass is 525 g/mol. The van der Waals surface area contributed by atoms with Gasteiger partial charge in [0.15, 0.2) is 5.96 Å². The average Bonchev–Trinajstić information content (AvgIpc) is 3.10. The zero-order valence-corrected chi connectivity index (χ0v) is 18.4. The fraction of sp³-hybridized carbons (Fsp3) is 0.312. The SMILES string of the molecule is I.NC(=NCc1ccc(S(N)(=O)=O)s1)N1CCN(c2ccc(F)cc2)CC1. The third-order valence-electron chi connectivity index (χ3n) is 4.11. The summed E-state index contributed by atoms with van der Waals surface area (Å²) < 4.78 is 35.7. The zero-order chi connectivity index (χ0) is 18.7. The summed E-state index contributed by atoms with van der Waals surface area (Å²) in [6.45, 7) is 3.25. The molecule has 0 spiro atoms. The number of nitrogens with two attached hydrogens (primary N) is 2. The largest absolute Gasteiger partial charge is 0.370 e. The minimum Gasteiger partial charge on any atom is -0.370 e. The summed E-state index contributed by atoms with van der Waals surface area (Å²) in [6.07, 6.45) is 0. The van der Waals surface area contributed by atoms with Crippen LogP contribution in [0.25, 0.3) is 0 Å². The first-order valence-electron chi connectivity index (χ1n) is 8.00. The van der Waals surface area contributed by atoms with Crippen molar-refractivity contribution in [2.24, 2.45) is 15.9 Å². The molecule has 148 valence electrons. The fourth-order valence-electron chi connectivity index (χ4n) is 2.70. The van der Waals surface area contributed by atoms with Crippen molar-refractivity contribution in [3.05, 3.63) is 47.1 Å². The number of aliphatic imine (C=N–C) groups is 1. The summed E-state index contributed by atoms with van der Waals surface area (Å²) in [4.78, 5) is 9.28. The Labute approximate surface area is 178 Å². The first-order chi connectivity index (χ1) is 12.3. The van der Waals surface area contributed by atoms with Crippen LogP contribution in [0.15, 0.2) is 45.6 Å². The summed E-state index contributed by atoms with van der Waals surface area (Å²) in [5.74, 6) is 0.178. The molecular formula is C16H21FIN5O2S2. The van der Waals surface area contributed by atoms with Crippen LogP contribution in [0.1, 0.15) is 4.88 Å². The van der Waals surface area contributed by atoms with Crippen molar-refractivity contribution in [1.29, 1.82) is 0 Å². The van der Waals surface area contributed by atoms with Gasteiger partial charge in [-0.05, 0) is 36.4 Å². The number of benzene rings is 1. The molecule has 0 bridgehead atoms. The van der Waals surface area contributed by atoms with Gasteiger partial charge in [-0.2, -0.15) is 0 Å². The van der Waals surface area contributed by atoms with Crippen LogP contribution >= 0.6 is 35.3 Å². The van der Waals surface area contributed by atoms with Crippen molar-refractivity contribution in [3.8, 4) is 0 Å². The van der Waals surface area contributed by atoms with Gasteiger partial charge in [0.2, 0.25) is 10.0 Å². The number of halogens is 2. The van der Waals surface area contributed by atoms with E-state index in [0.29, 0.717) is 25.6 Å². The number of rotatable bonds is 4. The Morgan fingerprint density at radius 2 is 1.74 bits per heavy atom. The van der Waals surface area contributed by atoms with Gasteiger partial charge in [0.05, 0.1) is 6.54 Å². The average molecular weight is 525 g/mol. The molecule has 4 N–H and O–H groups in total. The molecule has 0 aliphatic carbocycles. The van der Waals surface area contributed by atoms with Gasteiger partial charge < -0.3 is 15.5 Å². The Balaban J connectivity index is 0.00000261. The van der Waals surface area contributed by atoms with Crippen molar-refractivity contribution in [2.45, 2.75) is 10.8 Å². The van der Waals surface area contributed by atoms with Gasteiger partial charge >= 0.3 is 0 Å². The highest BCUT2D eigenvalue weighted by atomic mass is 127. The molecule has 0 amide bonds. The van der Waals surface area contributed by atoms with Crippen LogP contribution < -0.4 is 15.8 Å². The lowest BCUT2D eigenvalue weighted by Gasteiger charge is -2.36. The van der Waals surface area contributed by atoms with E-state index < -0.39 is 10.0 Å². The van der Waals surface area contributed by atoms with E-state index in [1.807, 2.05) is 4.90 Å². The third-order valence-corrected chi connectivity index (χ3v) is 6.62. The number of piperazine rings is 1. The molecule has 0 saturated carbocycles. The molecule has 0 radical (unpaired) electrons. The van der Waals surface area contributed by atoms with E-state index >= 15 is 0 Å². The lowest BCUT2D eigenvalue weighted by atomic mass is 10.2. The van der Waals surface area contributed by atoms with E-state index in [4.69, 9.17) is 10.9 Å².